The molecule has 2 N–H and O–H groups in total. The maximum atomic E-state index is 11.0. The minimum absolute atomic E-state index is 0.118. The Bertz CT molecular complexity index is 508. The summed E-state index contributed by atoms with van der Waals surface area (Å²) in [6.07, 6.45) is 9.38. The number of aryl methyl sites for hydroxylation is 1. The number of rotatable bonds is 12. The Morgan fingerprint density at radius 1 is 0.826 bits per heavy atom. The van der Waals surface area contributed by atoms with Gasteiger partial charge in [0.2, 0.25) is 0 Å². The van der Waals surface area contributed by atoms with Gasteiger partial charge in [-0.3, -0.25) is 9.59 Å². The van der Waals surface area contributed by atoms with Crippen molar-refractivity contribution in [3.63, 3.8) is 0 Å². The first-order valence-electron chi connectivity index (χ1n) is 8.57. The normalized spacial score (nSPS) is 10.7. The zero-order chi connectivity index (χ0) is 17.1. The minimum Gasteiger partial charge on any atom is -0.481 e. The third-order valence-electron chi connectivity index (χ3n) is 4.02. The highest BCUT2D eigenvalue weighted by Gasteiger charge is 2.11. The monoisotopic (exact) mass is 320 g/mol. The SMILES string of the molecule is CCCCCCCCCc1ccc(CC(=O)O)c(CC(=O)O)c1. The molecule has 0 heterocycles. The average Bonchev–Trinajstić information content (AvgIpc) is 2.48. The largest absolute Gasteiger partial charge is 0.481 e. The number of hydrogen-bond acceptors (Lipinski definition) is 2. The highest BCUT2D eigenvalue weighted by atomic mass is 16.4. The highest BCUT2D eigenvalue weighted by Crippen LogP contribution is 2.17. The molecule has 4 heteroatoms. The Morgan fingerprint density at radius 2 is 1.39 bits per heavy atom. The third kappa shape index (κ3) is 8.38. The number of hydrogen-bond donors (Lipinski definition) is 2. The van der Waals surface area contributed by atoms with E-state index in [1.807, 2.05) is 12.1 Å². The van der Waals surface area contributed by atoms with E-state index in [1.165, 1.54) is 38.5 Å². The van der Waals surface area contributed by atoms with Gasteiger partial charge in [-0.2, -0.15) is 0 Å². The predicted octanol–water partition coefficient (Wildman–Crippen LogP) is 4.23. The number of carboxylic acids is 2. The van der Waals surface area contributed by atoms with Gasteiger partial charge in [-0.1, -0.05) is 63.6 Å². The molecule has 1 rings (SSSR count). The summed E-state index contributed by atoms with van der Waals surface area (Å²) >= 11 is 0. The maximum Gasteiger partial charge on any atom is 0.307 e. The van der Waals surface area contributed by atoms with Gasteiger partial charge in [0.05, 0.1) is 12.8 Å². The summed E-state index contributed by atoms with van der Waals surface area (Å²) in [5.41, 5.74) is 2.33. The molecule has 0 aliphatic carbocycles. The van der Waals surface area contributed by atoms with Crippen LogP contribution < -0.4 is 0 Å². The lowest BCUT2D eigenvalue weighted by atomic mass is 9.96. The van der Waals surface area contributed by atoms with Gasteiger partial charge in [0.25, 0.3) is 0 Å². The van der Waals surface area contributed by atoms with E-state index in [4.69, 9.17) is 10.2 Å². The second kappa shape index (κ2) is 10.8. The molecule has 4 nitrogen and oxygen atoms in total. The highest BCUT2D eigenvalue weighted by molar-refractivity contribution is 5.74. The van der Waals surface area contributed by atoms with Crippen LogP contribution in [0.5, 0.6) is 0 Å². The van der Waals surface area contributed by atoms with Gasteiger partial charge in [0.15, 0.2) is 0 Å². The Kier molecular flexibility index (Phi) is 9.03. The van der Waals surface area contributed by atoms with Gasteiger partial charge < -0.3 is 10.2 Å². The molecule has 0 aliphatic heterocycles. The fourth-order valence-corrected chi connectivity index (χ4v) is 2.78. The van der Waals surface area contributed by atoms with Crippen molar-refractivity contribution in [3.05, 3.63) is 34.9 Å². The summed E-state index contributed by atoms with van der Waals surface area (Å²) < 4.78 is 0. The summed E-state index contributed by atoms with van der Waals surface area (Å²) in [5, 5.41) is 17.9. The molecule has 0 fully saturated rings. The van der Waals surface area contributed by atoms with Crippen molar-refractivity contribution >= 4 is 11.9 Å². The van der Waals surface area contributed by atoms with E-state index < -0.39 is 11.9 Å². The number of unbranched alkanes of at least 4 members (excludes halogenated alkanes) is 6. The van der Waals surface area contributed by atoms with Crippen molar-refractivity contribution in [2.24, 2.45) is 0 Å². The van der Waals surface area contributed by atoms with Crippen molar-refractivity contribution in [2.45, 2.75) is 71.1 Å². The van der Waals surface area contributed by atoms with Crippen molar-refractivity contribution in [1.29, 1.82) is 0 Å². The minimum atomic E-state index is -0.934. The van der Waals surface area contributed by atoms with Crippen molar-refractivity contribution < 1.29 is 19.8 Å². The summed E-state index contributed by atoms with van der Waals surface area (Å²) in [6.45, 7) is 2.21. The standard InChI is InChI=1S/C19H28O4/c1-2-3-4-5-6-7-8-9-15-10-11-16(13-18(20)21)17(12-15)14-19(22)23/h10-12H,2-9,13-14H2,1H3,(H,20,21)(H,22,23). The van der Waals surface area contributed by atoms with Crippen molar-refractivity contribution in [2.75, 3.05) is 0 Å². The smallest absolute Gasteiger partial charge is 0.307 e. The molecule has 23 heavy (non-hydrogen) atoms. The van der Waals surface area contributed by atoms with Gasteiger partial charge in [-0.15, -0.1) is 0 Å². The number of carbonyl (C=O) groups is 2. The third-order valence-corrected chi connectivity index (χ3v) is 4.02. The van der Waals surface area contributed by atoms with Crippen LogP contribution in [0.1, 0.15) is 68.6 Å². The van der Waals surface area contributed by atoms with Gasteiger partial charge in [-0.25, -0.2) is 0 Å². The topological polar surface area (TPSA) is 74.6 Å². The Hall–Kier alpha value is -1.84. The molecule has 1 aromatic carbocycles. The number of aliphatic carboxylic acids is 2. The maximum absolute atomic E-state index is 11.0. The van der Waals surface area contributed by atoms with Gasteiger partial charge in [0, 0.05) is 0 Å². The summed E-state index contributed by atoms with van der Waals surface area (Å²) in [4.78, 5) is 21.8. The summed E-state index contributed by atoms with van der Waals surface area (Å²) in [6, 6.07) is 5.56. The second-order valence-corrected chi connectivity index (χ2v) is 6.12. The van der Waals surface area contributed by atoms with Crippen LogP contribution in [-0.4, -0.2) is 22.2 Å². The summed E-state index contributed by atoms with van der Waals surface area (Å²) in [7, 11) is 0. The second-order valence-electron chi connectivity index (χ2n) is 6.12. The Morgan fingerprint density at radius 3 is 2.00 bits per heavy atom. The molecular formula is C19H28O4. The fourth-order valence-electron chi connectivity index (χ4n) is 2.78. The van der Waals surface area contributed by atoms with Gasteiger partial charge >= 0.3 is 11.9 Å². The van der Waals surface area contributed by atoms with Gasteiger partial charge in [-0.05, 0) is 29.5 Å². The van der Waals surface area contributed by atoms with Crippen LogP contribution >= 0.6 is 0 Å². The number of benzene rings is 1. The molecule has 0 saturated carbocycles. The van der Waals surface area contributed by atoms with E-state index in [2.05, 4.69) is 6.92 Å². The van der Waals surface area contributed by atoms with E-state index in [0.717, 1.165) is 18.4 Å². The van der Waals surface area contributed by atoms with Crippen LogP contribution in [0.2, 0.25) is 0 Å². The van der Waals surface area contributed by atoms with Crippen molar-refractivity contribution in [1.82, 2.24) is 0 Å². The Labute approximate surface area is 138 Å². The molecule has 128 valence electrons. The lowest BCUT2D eigenvalue weighted by molar-refractivity contribution is -0.137. The van der Waals surface area contributed by atoms with E-state index in [9.17, 15) is 9.59 Å². The molecule has 0 unspecified atom stereocenters. The van der Waals surface area contributed by atoms with Crippen LogP contribution in [0.15, 0.2) is 18.2 Å². The van der Waals surface area contributed by atoms with Crippen LogP contribution in [0, 0.1) is 0 Å². The molecule has 0 spiro atoms. The quantitative estimate of drug-likeness (QED) is 0.565. The predicted molar refractivity (Wildman–Crippen MR) is 90.8 cm³/mol. The number of carboxylic acid groups (broad SMARTS) is 2. The zero-order valence-corrected chi connectivity index (χ0v) is 14.0. The molecule has 0 radical (unpaired) electrons. The molecule has 0 bridgehead atoms. The fraction of sp³-hybridized carbons (Fsp3) is 0.579. The molecule has 0 aliphatic rings. The van der Waals surface area contributed by atoms with Crippen LogP contribution in [-0.2, 0) is 28.9 Å². The first kappa shape index (κ1) is 19.2. The van der Waals surface area contributed by atoms with Crippen LogP contribution in [0.3, 0.4) is 0 Å². The van der Waals surface area contributed by atoms with Crippen LogP contribution in [0.25, 0.3) is 0 Å². The van der Waals surface area contributed by atoms with E-state index in [0.29, 0.717) is 11.1 Å². The molecule has 0 saturated heterocycles. The van der Waals surface area contributed by atoms with Gasteiger partial charge in [0.1, 0.15) is 0 Å². The molecule has 0 atom stereocenters. The van der Waals surface area contributed by atoms with Crippen molar-refractivity contribution in [3.8, 4) is 0 Å². The molecule has 1 aromatic rings. The van der Waals surface area contributed by atoms with E-state index in [1.54, 1.807) is 6.07 Å². The molecule has 0 aromatic heterocycles. The van der Waals surface area contributed by atoms with Crippen LogP contribution in [0.4, 0.5) is 0 Å². The van der Waals surface area contributed by atoms with E-state index >= 15 is 0 Å². The lowest BCUT2D eigenvalue weighted by Gasteiger charge is -2.09. The molecule has 0 amide bonds. The summed E-state index contributed by atoms with van der Waals surface area (Å²) in [5.74, 6) is -1.86. The Balaban J connectivity index is 2.52. The zero-order valence-electron chi connectivity index (χ0n) is 14.0. The molecular weight excluding hydrogens is 292 g/mol. The lowest BCUT2D eigenvalue weighted by Crippen LogP contribution is -2.08. The average molecular weight is 320 g/mol. The van der Waals surface area contributed by atoms with E-state index in [-0.39, 0.29) is 12.8 Å². The first-order chi connectivity index (χ1) is 11.0. The first-order valence-corrected chi connectivity index (χ1v) is 8.57.